The highest BCUT2D eigenvalue weighted by molar-refractivity contribution is 5.82. The minimum Gasteiger partial charge on any atom is -0.384 e. The lowest BCUT2D eigenvalue weighted by Gasteiger charge is -2.22. The third-order valence-corrected chi connectivity index (χ3v) is 4.12. The van der Waals surface area contributed by atoms with Crippen molar-refractivity contribution in [2.24, 2.45) is 10.7 Å². The van der Waals surface area contributed by atoms with Crippen LogP contribution in [0.15, 0.2) is 52.7 Å². The predicted octanol–water partition coefficient (Wildman–Crippen LogP) is 2.68. The summed E-state index contributed by atoms with van der Waals surface area (Å²) in [4.78, 5) is 16.6. The van der Waals surface area contributed by atoms with Crippen LogP contribution in [-0.4, -0.2) is 51.1 Å². The van der Waals surface area contributed by atoms with Crippen molar-refractivity contribution < 1.29 is 14.3 Å². The van der Waals surface area contributed by atoms with E-state index in [1.807, 2.05) is 18.4 Å². The highest BCUT2D eigenvalue weighted by Crippen LogP contribution is 2.23. The molecule has 0 spiro atoms. The fourth-order valence-corrected chi connectivity index (χ4v) is 2.55. The maximum absolute atomic E-state index is 12.1. The van der Waals surface area contributed by atoms with Crippen LogP contribution in [0.3, 0.4) is 0 Å². The van der Waals surface area contributed by atoms with Gasteiger partial charge in [0.15, 0.2) is 0 Å². The molecule has 0 radical (unpaired) electrons. The van der Waals surface area contributed by atoms with Crippen LogP contribution in [0.4, 0.5) is 0 Å². The van der Waals surface area contributed by atoms with Crippen LogP contribution in [0.25, 0.3) is 0 Å². The number of ether oxygens (including phenoxy) is 2. The average Bonchev–Trinajstić information content (AvgIpc) is 3.12. The summed E-state index contributed by atoms with van der Waals surface area (Å²) in [6.45, 7) is 8.91. The summed E-state index contributed by atoms with van der Waals surface area (Å²) in [7, 11) is 1.66. The molecule has 6 nitrogen and oxygen atoms in total. The molecule has 0 bridgehead atoms. The quantitative estimate of drug-likeness (QED) is 0.485. The zero-order valence-electron chi connectivity index (χ0n) is 16.7. The Morgan fingerprint density at radius 2 is 2.30 bits per heavy atom. The molecule has 0 saturated heterocycles. The fourth-order valence-electron chi connectivity index (χ4n) is 2.55. The van der Waals surface area contributed by atoms with E-state index in [0.717, 1.165) is 23.3 Å². The SMILES string of the molecule is C=C/C(=C\C=C/CC)COCC(NC(=O)C(C)N)C1=C(CCOC)N=CC1. The Balaban J connectivity index is 2.80. The summed E-state index contributed by atoms with van der Waals surface area (Å²) in [5.41, 5.74) is 8.69. The molecule has 1 aliphatic heterocycles. The molecule has 6 heteroatoms. The molecule has 1 aliphatic rings. The summed E-state index contributed by atoms with van der Waals surface area (Å²) >= 11 is 0. The fraction of sp³-hybridized carbons (Fsp3) is 0.524. The van der Waals surface area contributed by atoms with Crippen molar-refractivity contribution in [1.29, 1.82) is 0 Å². The Morgan fingerprint density at radius 1 is 1.52 bits per heavy atom. The van der Waals surface area contributed by atoms with Crippen LogP contribution in [0, 0.1) is 0 Å². The highest BCUT2D eigenvalue weighted by Gasteiger charge is 2.24. The first kappa shape index (κ1) is 23.0. The minimum atomic E-state index is -0.583. The van der Waals surface area contributed by atoms with Gasteiger partial charge >= 0.3 is 0 Å². The normalized spacial score (nSPS) is 16.8. The number of amides is 1. The average molecular weight is 376 g/mol. The Labute approximate surface area is 162 Å². The van der Waals surface area contributed by atoms with Gasteiger partial charge in [0, 0.05) is 31.9 Å². The van der Waals surface area contributed by atoms with E-state index in [2.05, 4.69) is 29.9 Å². The van der Waals surface area contributed by atoms with Gasteiger partial charge < -0.3 is 20.5 Å². The molecule has 3 N–H and O–H groups in total. The van der Waals surface area contributed by atoms with E-state index in [4.69, 9.17) is 15.2 Å². The van der Waals surface area contributed by atoms with Gasteiger partial charge in [-0.2, -0.15) is 0 Å². The van der Waals surface area contributed by atoms with Gasteiger partial charge in [-0.05, 0) is 24.5 Å². The second-order valence-electron chi connectivity index (χ2n) is 6.38. The van der Waals surface area contributed by atoms with Gasteiger partial charge in [0.05, 0.1) is 31.9 Å². The number of methoxy groups -OCH3 is 1. The monoisotopic (exact) mass is 375 g/mol. The molecule has 0 aliphatic carbocycles. The molecular formula is C21H33N3O3. The summed E-state index contributed by atoms with van der Waals surface area (Å²) < 4.78 is 11.0. The van der Waals surface area contributed by atoms with Gasteiger partial charge in [0.2, 0.25) is 5.91 Å². The van der Waals surface area contributed by atoms with Gasteiger partial charge in [-0.1, -0.05) is 37.8 Å². The first-order valence-electron chi connectivity index (χ1n) is 9.38. The zero-order valence-corrected chi connectivity index (χ0v) is 16.7. The van der Waals surface area contributed by atoms with Crippen molar-refractivity contribution in [2.75, 3.05) is 26.9 Å². The van der Waals surface area contributed by atoms with Crippen molar-refractivity contribution in [3.63, 3.8) is 0 Å². The molecule has 1 amide bonds. The van der Waals surface area contributed by atoms with Gasteiger partial charge in [0.1, 0.15) is 0 Å². The number of nitrogens with one attached hydrogen (secondary N) is 1. The Hall–Kier alpha value is -2.02. The molecule has 150 valence electrons. The van der Waals surface area contributed by atoms with E-state index in [1.54, 1.807) is 20.1 Å². The molecule has 1 heterocycles. The molecule has 0 aromatic heterocycles. The number of nitrogens with zero attached hydrogens (tertiary/aromatic N) is 1. The van der Waals surface area contributed by atoms with Crippen molar-refractivity contribution in [2.45, 2.75) is 45.2 Å². The molecule has 2 atom stereocenters. The molecule has 0 aromatic rings. The molecule has 2 unspecified atom stereocenters. The maximum atomic E-state index is 12.1. The third-order valence-electron chi connectivity index (χ3n) is 4.12. The van der Waals surface area contributed by atoms with Crippen LogP contribution < -0.4 is 11.1 Å². The van der Waals surface area contributed by atoms with E-state index < -0.39 is 6.04 Å². The predicted molar refractivity (Wildman–Crippen MR) is 111 cm³/mol. The molecular weight excluding hydrogens is 342 g/mol. The molecule has 0 aromatic carbocycles. The smallest absolute Gasteiger partial charge is 0.237 e. The third kappa shape index (κ3) is 8.47. The van der Waals surface area contributed by atoms with E-state index in [-0.39, 0.29) is 11.9 Å². The Morgan fingerprint density at radius 3 is 2.93 bits per heavy atom. The number of rotatable bonds is 13. The van der Waals surface area contributed by atoms with Crippen molar-refractivity contribution in [3.8, 4) is 0 Å². The number of aliphatic imine (C=N–C) groups is 1. The Bertz CT molecular complexity index is 604. The van der Waals surface area contributed by atoms with Gasteiger partial charge in [-0.3, -0.25) is 9.79 Å². The van der Waals surface area contributed by atoms with E-state index in [0.29, 0.717) is 32.7 Å². The molecule has 1 rings (SSSR count). The Kier molecular flexibility index (Phi) is 11.2. The number of allylic oxidation sites excluding steroid dienone is 3. The number of nitrogens with two attached hydrogens (primary N) is 1. The lowest BCUT2D eigenvalue weighted by molar-refractivity contribution is -0.122. The summed E-state index contributed by atoms with van der Waals surface area (Å²) in [5, 5.41) is 2.98. The van der Waals surface area contributed by atoms with Crippen molar-refractivity contribution in [3.05, 3.63) is 47.7 Å². The number of carbonyl (C=O) groups is 1. The van der Waals surface area contributed by atoms with E-state index in [9.17, 15) is 4.79 Å². The summed E-state index contributed by atoms with van der Waals surface area (Å²) in [6, 6.07) is -0.851. The van der Waals surface area contributed by atoms with E-state index >= 15 is 0 Å². The van der Waals surface area contributed by atoms with Gasteiger partial charge in [0.25, 0.3) is 0 Å². The second-order valence-corrected chi connectivity index (χ2v) is 6.38. The van der Waals surface area contributed by atoms with Crippen molar-refractivity contribution >= 4 is 12.1 Å². The lowest BCUT2D eigenvalue weighted by atomic mass is 10.0. The molecule has 27 heavy (non-hydrogen) atoms. The maximum Gasteiger partial charge on any atom is 0.237 e. The van der Waals surface area contributed by atoms with Crippen LogP contribution in [-0.2, 0) is 14.3 Å². The highest BCUT2D eigenvalue weighted by atomic mass is 16.5. The summed E-state index contributed by atoms with van der Waals surface area (Å²) in [5.74, 6) is -0.209. The standard InChI is InChI=1S/C21H33N3O3/c1-5-7-8-9-17(6-2)14-27-15-20(24-21(25)16(3)22)18-10-12-23-19(18)11-13-26-4/h6-9,12,16,20H,2,5,10-11,13-15,22H2,1,3-4H3,(H,24,25)/b8-7-,17-9+. The number of carbonyl (C=O) groups excluding carboxylic acids is 1. The first-order valence-corrected chi connectivity index (χ1v) is 9.38. The first-order chi connectivity index (χ1) is 13.0. The number of hydrogen-bond donors (Lipinski definition) is 2. The van der Waals surface area contributed by atoms with E-state index in [1.165, 1.54) is 0 Å². The topological polar surface area (TPSA) is 85.9 Å². The lowest BCUT2D eigenvalue weighted by Crippen LogP contribution is -2.46. The minimum absolute atomic E-state index is 0.209. The summed E-state index contributed by atoms with van der Waals surface area (Å²) in [6.07, 6.45) is 12.0. The van der Waals surface area contributed by atoms with Crippen LogP contribution in [0.1, 0.15) is 33.1 Å². The van der Waals surface area contributed by atoms with Crippen LogP contribution >= 0.6 is 0 Å². The molecule has 0 fully saturated rings. The van der Waals surface area contributed by atoms with Crippen LogP contribution in [0.2, 0.25) is 0 Å². The second kappa shape index (κ2) is 13.2. The zero-order chi connectivity index (χ0) is 20.1. The van der Waals surface area contributed by atoms with Gasteiger partial charge in [-0.15, -0.1) is 0 Å². The molecule has 0 saturated carbocycles. The van der Waals surface area contributed by atoms with Crippen molar-refractivity contribution in [1.82, 2.24) is 5.32 Å². The largest absolute Gasteiger partial charge is 0.384 e. The number of hydrogen-bond acceptors (Lipinski definition) is 5. The van der Waals surface area contributed by atoms with Gasteiger partial charge in [-0.25, -0.2) is 0 Å². The van der Waals surface area contributed by atoms with Crippen LogP contribution in [0.5, 0.6) is 0 Å².